The maximum atomic E-state index is 12.1. The second kappa shape index (κ2) is 6.27. The molecule has 3 rings (SSSR count). The molecule has 1 atom stereocenters. The highest BCUT2D eigenvalue weighted by Gasteiger charge is 2.23. The Kier molecular flexibility index (Phi) is 4.41. The van der Waals surface area contributed by atoms with E-state index in [1.54, 1.807) is 11.3 Å². The molecule has 2 aliphatic rings. The fraction of sp³-hybridized carbons (Fsp3) is 0.688. The monoisotopic (exact) mass is 293 g/mol. The van der Waals surface area contributed by atoms with Crippen molar-refractivity contribution in [3.05, 3.63) is 21.4 Å². The molecule has 0 spiro atoms. The fourth-order valence-electron chi connectivity index (χ4n) is 3.25. The highest BCUT2D eigenvalue weighted by molar-refractivity contribution is 7.14. The van der Waals surface area contributed by atoms with E-state index >= 15 is 0 Å². The molecule has 1 aromatic heterocycles. The summed E-state index contributed by atoms with van der Waals surface area (Å²) in [6, 6.07) is 2.08. The quantitative estimate of drug-likeness (QED) is 0.856. The minimum absolute atomic E-state index is 0.0654. The molecule has 0 aliphatic heterocycles. The van der Waals surface area contributed by atoms with E-state index in [0.717, 1.165) is 36.5 Å². The zero-order valence-electron chi connectivity index (χ0n) is 12.1. The van der Waals surface area contributed by atoms with Crippen LogP contribution >= 0.6 is 11.3 Å². The second-order valence-electron chi connectivity index (χ2n) is 6.03. The summed E-state index contributed by atoms with van der Waals surface area (Å²) in [6.07, 6.45) is 9.56. The van der Waals surface area contributed by atoms with Crippen molar-refractivity contribution in [3.63, 3.8) is 0 Å². The van der Waals surface area contributed by atoms with Gasteiger partial charge in [-0.05, 0) is 49.7 Å². The number of thiophene rings is 1. The van der Waals surface area contributed by atoms with E-state index in [1.165, 1.54) is 36.1 Å². The SMILES string of the molecule is CCC1CCc2sc(C(=O)NOC3CCCC3)cc2C1. The van der Waals surface area contributed by atoms with Crippen LogP contribution in [0.5, 0.6) is 0 Å². The smallest absolute Gasteiger partial charge is 0.270 e. The predicted octanol–water partition coefficient (Wildman–Crippen LogP) is 3.87. The van der Waals surface area contributed by atoms with Crippen molar-refractivity contribution in [3.8, 4) is 0 Å². The number of hydroxylamine groups is 1. The van der Waals surface area contributed by atoms with Crippen LogP contribution in [0.3, 0.4) is 0 Å². The van der Waals surface area contributed by atoms with E-state index in [9.17, 15) is 4.79 Å². The van der Waals surface area contributed by atoms with Crippen molar-refractivity contribution < 1.29 is 9.63 Å². The Labute approximate surface area is 124 Å². The number of carbonyl (C=O) groups excluding carboxylic acids is 1. The first-order chi connectivity index (χ1) is 9.76. The number of nitrogens with one attached hydrogen (secondary N) is 1. The standard InChI is InChI=1S/C16H23NO2S/c1-2-11-7-8-14-12(9-11)10-15(20-14)16(18)17-19-13-5-3-4-6-13/h10-11,13H,2-9H2,1H3,(H,17,18). The minimum atomic E-state index is -0.0654. The van der Waals surface area contributed by atoms with Crippen LogP contribution < -0.4 is 5.48 Å². The lowest BCUT2D eigenvalue weighted by atomic mass is 9.87. The van der Waals surface area contributed by atoms with Crippen molar-refractivity contribution in [1.29, 1.82) is 0 Å². The van der Waals surface area contributed by atoms with E-state index in [2.05, 4.69) is 18.5 Å². The average molecular weight is 293 g/mol. The molecule has 1 N–H and O–H groups in total. The largest absolute Gasteiger partial charge is 0.284 e. The number of aryl methyl sites for hydroxylation is 1. The van der Waals surface area contributed by atoms with Gasteiger partial charge in [-0.2, -0.15) is 0 Å². The van der Waals surface area contributed by atoms with Gasteiger partial charge in [0.15, 0.2) is 0 Å². The summed E-state index contributed by atoms with van der Waals surface area (Å²) < 4.78 is 0. The van der Waals surface area contributed by atoms with Crippen LogP contribution in [0.1, 0.15) is 65.6 Å². The Morgan fingerprint density at radius 2 is 2.20 bits per heavy atom. The molecule has 1 amide bonds. The van der Waals surface area contributed by atoms with Crippen LogP contribution in [-0.4, -0.2) is 12.0 Å². The highest BCUT2D eigenvalue weighted by Crippen LogP contribution is 2.33. The molecule has 0 radical (unpaired) electrons. The van der Waals surface area contributed by atoms with Gasteiger partial charge in [-0.25, -0.2) is 5.48 Å². The topological polar surface area (TPSA) is 38.3 Å². The summed E-state index contributed by atoms with van der Waals surface area (Å²) in [5, 5.41) is 0. The highest BCUT2D eigenvalue weighted by atomic mass is 32.1. The van der Waals surface area contributed by atoms with Gasteiger partial charge in [0.05, 0.1) is 11.0 Å². The van der Waals surface area contributed by atoms with Gasteiger partial charge in [-0.1, -0.05) is 26.2 Å². The van der Waals surface area contributed by atoms with E-state index in [0.29, 0.717) is 0 Å². The van der Waals surface area contributed by atoms with Gasteiger partial charge in [0.1, 0.15) is 0 Å². The zero-order chi connectivity index (χ0) is 13.9. The number of fused-ring (bicyclic) bond motifs is 1. The van der Waals surface area contributed by atoms with E-state index < -0.39 is 0 Å². The van der Waals surface area contributed by atoms with Crippen LogP contribution in [0.2, 0.25) is 0 Å². The molecule has 1 aromatic rings. The molecule has 110 valence electrons. The summed E-state index contributed by atoms with van der Waals surface area (Å²) in [6.45, 7) is 2.26. The molecule has 0 bridgehead atoms. The first kappa shape index (κ1) is 14.1. The molecule has 1 unspecified atom stereocenters. The predicted molar refractivity (Wildman–Crippen MR) is 80.9 cm³/mol. The Bertz CT molecular complexity index is 477. The third-order valence-electron chi connectivity index (χ3n) is 4.61. The van der Waals surface area contributed by atoms with Crippen molar-refractivity contribution in [2.24, 2.45) is 5.92 Å². The van der Waals surface area contributed by atoms with Crippen molar-refractivity contribution in [2.45, 2.75) is 64.4 Å². The second-order valence-corrected chi connectivity index (χ2v) is 7.17. The zero-order valence-corrected chi connectivity index (χ0v) is 12.9. The van der Waals surface area contributed by atoms with Crippen molar-refractivity contribution >= 4 is 17.2 Å². The molecular formula is C16H23NO2S. The van der Waals surface area contributed by atoms with Gasteiger partial charge in [0.2, 0.25) is 0 Å². The lowest BCUT2D eigenvalue weighted by Gasteiger charge is -2.19. The molecule has 20 heavy (non-hydrogen) atoms. The van der Waals surface area contributed by atoms with Crippen LogP contribution in [-0.2, 0) is 17.7 Å². The molecular weight excluding hydrogens is 270 g/mol. The van der Waals surface area contributed by atoms with E-state index in [4.69, 9.17) is 4.84 Å². The normalized spacial score (nSPS) is 22.8. The third-order valence-corrected chi connectivity index (χ3v) is 5.84. The average Bonchev–Trinajstić information content (AvgIpc) is 3.12. The molecule has 3 nitrogen and oxygen atoms in total. The summed E-state index contributed by atoms with van der Waals surface area (Å²) in [7, 11) is 0. The molecule has 0 saturated heterocycles. The Hall–Kier alpha value is -0.870. The van der Waals surface area contributed by atoms with Gasteiger partial charge >= 0.3 is 0 Å². The molecule has 1 fully saturated rings. The van der Waals surface area contributed by atoms with Crippen LogP contribution in [0.4, 0.5) is 0 Å². The van der Waals surface area contributed by atoms with Crippen LogP contribution in [0.25, 0.3) is 0 Å². The molecule has 2 aliphatic carbocycles. The summed E-state index contributed by atoms with van der Waals surface area (Å²) in [5.74, 6) is 0.729. The molecule has 0 aromatic carbocycles. The van der Waals surface area contributed by atoms with Gasteiger partial charge in [-0.15, -0.1) is 11.3 Å². The number of amides is 1. The lowest BCUT2D eigenvalue weighted by Crippen LogP contribution is -2.27. The number of carbonyl (C=O) groups is 1. The number of hydrogen-bond acceptors (Lipinski definition) is 3. The Morgan fingerprint density at radius 1 is 1.40 bits per heavy atom. The summed E-state index contributed by atoms with van der Waals surface area (Å²) in [5.41, 5.74) is 4.03. The van der Waals surface area contributed by atoms with Crippen molar-refractivity contribution in [1.82, 2.24) is 5.48 Å². The lowest BCUT2D eigenvalue weighted by molar-refractivity contribution is -0.0122. The van der Waals surface area contributed by atoms with Gasteiger partial charge in [0.25, 0.3) is 5.91 Å². The Morgan fingerprint density at radius 3 is 2.95 bits per heavy atom. The van der Waals surface area contributed by atoms with E-state index in [1.807, 2.05) is 0 Å². The maximum Gasteiger partial charge on any atom is 0.284 e. The number of hydrogen-bond donors (Lipinski definition) is 1. The summed E-state index contributed by atoms with van der Waals surface area (Å²) in [4.78, 5) is 19.9. The van der Waals surface area contributed by atoms with Crippen LogP contribution in [0.15, 0.2) is 6.07 Å². The van der Waals surface area contributed by atoms with Gasteiger partial charge < -0.3 is 0 Å². The maximum absolute atomic E-state index is 12.1. The molecule has 4 heteroatoms. The minimum Gasteiger partial charge on any atom is -0.270 e. The van der Waals surface area contributed by atoms with Gasteiger partial charge in [-0.3, -0.25) is 9.63 Å². The summed E-state index contributed by atoms with van der Waals surface area (Å²) >= 11 is 1.65. The first-order valence-corrected chi connectivity index (χ1v) is 8.65. The van der Waals surface area contributed by atoms with Crippen LogP contribution in [0, 0.1) is 5.92 Å². The molecule has 1 saturated carbocycles. The first-order valence-electron chi connectivity index (χ1n) is 7.84. The number of rotatable bonds is 4. The Balaban J connectivity index is 1.59. The third kappa shape index (κ3) is 3.07. The fourth-order valence-corrected chi connectivity index (χ4v) is 4.35. The van der Waals surface area contributed by atoms with E-state index in [-0.39, 0.29) is 12.0 Å². The molecule has 1 heterocycles. The van der Waals surface area contributed by atoms with Gasteiger partial charge in [0, 0.05) is 4.88 Å². The van der Waals surface area contributed by atoms with Crippen molar-refractivity contribution in [2.75, 3.05) is 0 Å².